The molecule has 0 aliphatic heterocycles. The molecule has 0 aromatic carbocycles. The Labute approximate surface area is 193 Å². The average Bonchev–Trinajstić information content (AvgIpc) is 2.64. The van der Waals surface area contributed by atoms with Crippen molar-refractivity contribution in [3.8, 4) is 0 Å². The fourth-order valence-electron chi connectivity index (χ4n) is 3.12. The van der Waals surface area contributed by atoms with Crippen LogP contribution in [0.4, 0.5) is 0 Å². The second kappa shape index (κ2) is 16.9. The summed E-state index contributed by atoms with van der Waals surface area (Å²) in [5, 5.41) is 35.9. The Morgan fingerprint density at radius 1 is 0.645 bits per heavy atom. The molecular weight excluding hydrogens is 551 g/mol. The minimum atomic E-state index is -2.38. The van der Waals surface area contributed by atoms with Crippen LogP contribution in [0.15, 0.2) is 0 Å². The van der Waals surface area contributed by atoms with Gasteiger partial charge in [0, 0.05) is 0 Å². The van der Waals surface area contributed by atoms with Crippen LogP contribution in [-0.2, 0) is 19.2 Å². The predicted molar refractivity (Wildman–Crippen MR) is 126 cm³/mol. The van der Waals surface area contributed by atoms with Crippen molar-refractivity contribution in [2.24, 2.45) is 11.8 Å². The van der Waals surface area contributed by atoms with Gasteiger partial charge in [-0.2, -0.15) is 0 Å². The van der Waals surface area contributed by atoms with Gasteiger partial charge in [-0.25, -0.2) is 0 Å². The molecule has 8 nitrogen and oxygen atoms in total. The van der Waals surface area contributed by atoms with Crippen molar-refractivity contribution in [3.05, 3.63) is 0 Å². The topological polar surface area (TPSA) is 149 Å². The Morgan fingerprint density at radius 2 is 0.968 bits per heavy atom. The molecule has 0 aromatic heterocycles. The summed E-state index contributed by atoms with van der Waals surface area (Å²) in [6.07, 6.45) is 4.26. The maximum atomic E-state index is 11.3. The first-order valence-corrected chi connectivity index (χ1v) is 25.3. The molecule has 0 rings (SSSR count). The zero-order chi connectivity index (χ0) is 23.9. The molecule has 0 aliphatic carbocycles. The van der Waals surface area contributed by atoms with Crippen molar-refractivity contribution in [2.75, 3.05) is 11.5 Å². The molecule has 0 fully saturated rings. The van der Waals surface area contributed by atoms with E-state index in [-0.39, 0.29) is 12.8 Å². The van der Waals surface area contributed by atoms with Crippen molar-refractivity contribution in [1.82, 2.24) is 0 Å². The molecule has 0 radical (unpaired) electrons. The second-order valence-electron chi connectivity index (χ2n) is 8.02. The Balaban J connectivity index is 4.12. The summed E-state index contributed by atoms with van der Waals surface area (Å²) in [6.45, 7) is 0. The van der Waals surface area contributed by atoms with Gasteiger partial charge in [-0.1, -0.05) is 0 Å². The summed E-state index contributed by atoms with van der Waals surface area (Å²) in [4.78, 5) is 48.4. The van der Waals surface area contributed by atoms with Gasteiger partial charge in [-0.3, -0.25) is 0 Å². The minimum absolute atomic E-state index is 0.000941. The van der Waals surface area contributed by atoms with E-state index in [1.807, 2.05) is 17.9 Å². The van der Waals surface area contributed by atoms with Crippen LogP contribution in [0.5, 0.6) is 0 Å². The first-order chi connectivity index (χ1) is 14.4. The quantitative estimate of drug-likeness (QED) is 0.117. The van der Waals surface area contributed by atoms with Gasteiger partial charge < -0.3 is 0 Å². The second-order valence-corrected chi connectivity index (χ2v) is 37.8. The summed E-state index contributed by atoms with van der Waals surface area (Å²) in [6, 6.07) is 0. The van der Waals surface area contributed by atoms with Gasteiger partial charge in [0.25, 0.3) is 0 Å². The van der Waals surface area contributed by atoms with E-state index in [1.165, 1.54) is 0 Å². The van der Waals surface area contributed by atoms with Gasteiger partial charge in [-0.15, -0.1) is 0 Å². The van der Waals surface area contributed by atoms with E-state index in [9.17, 15) is 29.4 Å². The van der Waals surface area contributed by atoms with Gasteiger partial charge in [0.15, 0.2) is 0 Å². The number of carboxylic acids is 4. The average molecular weight is 587 g/mol. The van der Waals surface area contributed by atoms with Crippen LogP contribution in [-0.4, -0.2) is 71.4 Å². The van der Waals surface area contributed by atoms with E-state index in [0.29, 0.717) is 38.5 Å². The van der Waals surface area contributed by atoms with Crippen LogP contribution in [0.3, 0.4) is 0 Å². The summed E-state index contributed by atoms with van der Waals surface area (Å²) in [7, 11) is 3.90. The summed E-state index contributed by atoms with van der Waals surface area (Å²) < 4.78 is 0. The van der Waals surface area contributed by atoms with Crippen LogP contribution in [0, 0.1) is 11.8 Å². The monoisotopic (exact) mass is 588 g/mol. The first-order valence-electron chi connectivity index (χ1n) is 10.6. The van der Waals surface area contributed by atoms with Crippen LogP contribution in [0.2, 0.25) is 9.88 Å². The Bertz CT molecular complexity index is 538. The van der Waals surface area contributed by atoms with Crippen LogP contribution >= 0.6 is 17.9 Å². The molecule has 0 aromatic rings. The molecule has 180 valence electrons. The van der Waals surface area contributed by atoms with E-state index in [1.54, 1.807) is 0 Å². The molecule has 0 saturated carbocycles. The van der Waals surface area contributed by atoms with Crippen LogP contribution < -0.4 is 0 Å². The van der Waals surface area contributed by atoms with E-state index >= 15 is 0 Å². The molecule has 4 N–H and O–H groups in total. The van der Waals surface area contributed by atoms with Gasteiger partial charge in [0.1, 0.15) is 0 Å². The maximum absolute atomic E-state index is 11.3. The summed E-state index contributed by atoms with van der Waals surface area (Å²) in [5.74, 6) is -2.70. The van der Waals surface area contributed by atoms with Crippen molar-refractivity contribution in [2.45, 2.75) is 74.1 Å². The van der Waals surface area contributed by atoms with E-state index in [0.717, 1.165) is 24.3 Å². The van der Waals surface area contributed by atoms with Crippen LogP contribution in [0.25, 0.3) is 0 Å². The number of rotatable bonds is 20. The molecule has 0 saturated heterocycles. The van der Waals surface area contributed by atoms with Crippen LogP contribution in [0.1, 0.15) is 64.2 Å². The third kappa shape index (κ3) is 17.6. The molecule has 11 heteroatoms. The Morgan fingerprint density at radius 3 is 1.26 bits per heavy atom. The molecule has 0 bridgehead atoms. The molecule has 31 heavy (non-hydrogen) atoms. The van der Waals surface area contributed by atoms with Gasteiger partial charge in [-0.05, 0) is 0 Å². The fourth-order valence-corrected chi connectivity index (χ4v) is 21.4. The summed E-state index contributed by atoms with van der Waals surface area (Å²) in [5.41, 5.74) is 0. The van der Waals surface area contributed by atoms with E-state index in [4.69, 9.17) is 10.2 Å². The van der Waals surface area contributed by atoms with Crippen molar-refractivity contribution >= 4 is 57.4 Å². The van der Waals surface area contributed by atoms with Crippen molar-refractivity contribution < 1.29 is 39.6 Å². The zero-order valence-electron chi connectivity index (χ0n) is 18.4. The van der Waals surface area contributed by atoms with Gasteiger partial charge in [0.05, 0.1) is 0 Å². The van der Waals surface area contributed by atoms with Crippen molar-refractivity contribution in [3.63, 3.8) is 0 Å². The zero-order valence-corrected chi connectivity index (χ0v) is 22.9. The SMILES string of the molecule is [CH3][Sn]([CH3])([S]CCCC(CCCC(=O)O)C(=O)O)[S]CCCC(CCCC(=O)O)C(=O)O. The number of hydrogen-bond acceptors (Lipinski definition) is 6. The Kier molecular flexibility index (Phi) is 16.6. The molecule has 0 amide bonds. The molecule has 0 aliphatic rings. The van der Waals surface area contributed by atoms with Gasteiger partial charge >= 0.3 is 194 Å². The summed E-state index contributed by atoms with van der Waals surface area (Å²) >= 11 is -2.38. The molecule has 0 spiro atoms. The number of hydrogen-bond donors (Lipinski definition) is 4. The van der Waals surface area contributed by atoms with E-state index < -0.39 is 51.3 Å². The van der Waals surface area contributed by atoms with E-state index in [2.05, 4.69) is 9.88 Å². The normalized spacial score (nSPS) is 13.5. The number of carbonyl (C=O) groups is 4. The Hall–Kier alpha value is -0.621. The molecule has 2 unspecified atom stereocenters. The van der Waals surface area contributed by atoms with Gasteiger partial charge in [0.2, 0.25) is 0 Å². The first kappa shape index (κ1) is 30.4. The molecular formula is C20H36O8S2Sn. The van der Waals surface area contributed by atoms with Crippen molar-refractivity contribution in [1.29, 1.82) is 0 Å². The molecule has 2 atom stereocenters. The third-order valence-electron chi connectivity index (χ3n) is 4.88. The molecule has 0 heterocycles. The number of carboxylic acid groups (broad SMARTS) is 4. The standard InChI is InChI=1S/2C9H16O4S.2CH3.Sn/c2*10-8(11)5-1-3-7(9(12)13)4-2-6-14;;;/h2*7,14H,1-6H2,(H,10,11)(H,12,13);2*1H3;/q;;;;+2/p-2. The predicted octanol–water partition coefficient (Wildman–Crippen LogP) is 4.63. The number of aliphatic carboxylic acids is 4. The third-order valence-corrected chi connectivity index (χ3v) is 27.4. The fraction of sp³-hybridized carbons (Fsp3) is 0.800.